The Hall–Kier alpha value is -1.56. The maximum atomic E-state index is 11.1. The largest absolute Gasteiger partial charge is 0.463 e. The van der Waals surface area contributed by atoms with E-state index in [1.54, 1.807) is 13.0 Å². The number of carbonyl (C=O) groups excluding carboxylic acids is 1. The number of nitrogens with zero attached hydrogens (tertiary/aromatic N) is 1. The van der Waals surface area contributed by atoms with Crippen molar-refractivity contribution in [1.82, 2.24) is 5.32 Å². The van der Waals surface area contributed by atoms with Gasteiger partial charge >= 0.3 is 5.97 Å². The highest BCUT2D eigenvalue weighted by Crippen LogP contribution is 2.29. The highest BCUT2D eigenvalue weighted by molar-refractivity contribution is 5.89. The van der Waals surface area contributed by atoms with Crippen molar-refractivity contribution in [2.24, 2.45) is 10.6 Å². The molecule has 1 N–H and O–H groups in total. The standard InChI is InChI=1S/C11H16N2O4/c1-3-16-9(14)5-4-8-12-10(13-17-8)11(2)6-15-7-11/h4-5,8H,3,6-7H2,1-2H3,(H,12,13)/b5-4+. The van der Waals surface area contributed by atoms with Gasteiger partial charge in [-0.15, -0.1) is 0 Å². The van der Waals surface area contributed by atoms with Crippen LogP contribution in [0.4, 0.5) is 0 Å². The van der Waals surface area contributed by atoms with Crippen molar-refractivity contribution < 1.29 is 19.1 Å². The lowest BCUT2D eigenvalue weighted by molar-refractivity contribution is -0.137. The fourth-order valence-corrected chi connectivity index (χ4v) is 1.57. The van der Waals surface area contributed by atoms with Gasteiger partial charge in [-0.3, -0.25) is 0 Å². The molecule has 6 heteroatoms. The molecule has 1 fully saturated rings. The Balaban J connectivity index is 1.82. The van der Waals surface area contributed by atoms with Gasteiger partial charge in [-0.05, 0) is 19.9 Å². The zero-order valence-electron chi connectivity index (χ0n) is 9.93. The van der Waals surface area contributed by atoms with E-state index in [9.17, 15) is 4.79 Å². The molecule has 2 rings (SSSR count). The zero-order chi connectivity index (χ0) is 12.3. The molecule has 0 aromatic carbocycles. The number of ether oxygens (including phenoxy) is 2. The summed E-state index contributed by atoms with van der Waals surface area (Å²) in [5.41, 5.74) is -0.0908. The van der Waals surface area contributed by atoms with E-state index < -0.39 is 6.23 Å². The van der Waals surface area contributed by atoms with Gasteiger partial charge in [0.15, 0.2) is 5.84 Å². The molecular formula is C11H16N2O4. The van der Waals surface area contributed by atoms with Crippen molar-refractivity contribution in [3.63, 3.8) is 0 Å². The molecule has 0 spiro atoms. The van der Waals surface area contributed by atoms with E-state index in [-0.39, 0.29) is 11.4 Å². The van der Waals surface area contributed by atoms with E-state index in [2.05, 4.69) is 10.5 Å². The molecular weight excluding hydrogens is 224 g/mol. The van der Waals surface area contributed by atoms with Crippen LogP contribution in [0.1, 0.15) is 13.8 Å². The topological polar surface area (TPSA) is 69.2 Å². The minimum Gasteiger partial charge on any atom is -0.463 e. The summed E-state index contributed by atoms with van der Waals surface area (Å²) >= 11 is 0. The van der Waals surface area contributed by atoms with Crippen molar-refractivity contribution in [3.8, 4) is 0 Å². The number of hydrogen-bond donors (Lipinski definition) is 1. The van der Waals surface area contributed by atoms with Gasteiger partial charge in [0.2, 0.25) is 6.23 Å². The third kappa shape index (κ3) is 2.58. The molecule has 0 radical (unpaired) electrons. The molecule has 0 saturated carbocycles. The van der Waals surface area contributed by atoms with Crippen LogP contribution in [0.5, 0.6) is 0 Å². The summed E-state index contributed by atoms with van der Waals surface area (Å²) in [4.78, 5) is 16.2. The van der Waals surface area contributed by atoms with E-state index in [1.807, 2.05) is 6.92 Å². The van der Waals surface area contributed by atoms with Gasteiger partial charge in [0.25, 0.3) is 0 Å². The lowest BCUT2D eigenvalue weighted by Gasteiger charge is -2.36. The molecule has 1 unspecified atom stereocenters. The van der Waals surface area contributed by atoms with Gasteiger partial charge in [0.05, 0.1) is 25.2 Å². The number of rotatable bonds is 4. The number of carbonyl (C=O) groups is 1. The fraction of sp³-hybridized carbons (Fsp3) is 0.636. The van der Waals surface area contributed by atoms with Gasteiger partial charge in [0.1, 0.15) is 0 Å². The van der Waals surface area contributed by atoms with Crippen molar-refractivity contribution >= 4 is 11.8 Å². The van der Waals surface area contributed by atoms with Gasteiger partial charge < -0.3 is 19.6 Å². The Morgan fingerprint density at radius 3 is 3.06 bits per heavy atom. The third-order valence-corrected chi connectivity index (χ3v) is 2.64. The molecule has 0 aromatic heterocycles. The summed E-state index contributed by atoms with van der Waals surface area (Å²) in [6, 6.07) is 0. The maximum absolute atomic E-state index is 11.1. The van der Waals surface area contributed by atoms with Crippen LogP contribution in [0.25, 0.3) is 0 Å². The molecule has 94 valence electrons. The number of oxime groups is 1. The first-order valence-electron chi connectivity index (χ1n) is 5.57. The van der Waals surface area contributed by atoms with Gasteiger partial charge in [-0.1, -0.05) is 5.16 Å². The van der Waals surface area contributed by atoms with E-state index in [1.165, 1.54) is 6.08 Å². The molecule has 1 atom stereocenters. The van der Waals surface area contributed by atoms with E-state index in [0.29, 0.717) is 19.8 Å². The third-order valence-electron chi connectivity index (χ3n) is 2.64. The molecule has 0 aromatic rings. The van der Waals surface area contributed by atoms with Crippen LogP contribution in [-0.2, 0) is 19.1 Å². The number of hydrogen-bond acceptors (Lipinski definition) is 6. The Labute approximate surface area is 99.6 Å². The van der Waals surface area contributed by atoms with Crippen LogP contribution >= 0.6 is 0 Å². The van der Waals surface area contributed by atoms with Crippen molar-refractivity contribution in [1.29, 1.82) is 0 Å². The van der Waals surface area contributed by atoms with Gasteiger partial charge in [-0.2, -0.15) is 0 Å². The summed E-state index contributed by atoms with van der Waals surface area (Å²) < 4.78 is 9.91. The summed E-state index contributed by atoms with van der Waals surface area (Å²) in [5.74, 6) is 0.381. The average molecular weight is 240 g/mol. The van der Waals surface area contributed by atoms with Gasteiger partial charge in [-0.25, -0.2) is 4.79 Å². The maximum Gasteiger partial charge on any atom is 0.330 e. The first-order chi connectivity index (χ1) is 8.14. The van der Waals surface area contributed by atoms with Crippen molar-refractivity contribution in [3.05, 3.63) is 12.2 Å². The smallest absolute Gasteiger partial charge is 0.330 e. The van der Waals surface area contributed by atoms with E-state index in [0.717, 1.165) is 5.84 Å². The summed E-state index contributed by atoms with van der Waals surface area (Å²) in [7, 11) is 0. The van der Waals surface area contributed by atoms with E-state index >= 15 is 0 Å². The quantitative estimate of drug-likeness (QED) is 0.569. The predicted molar refractivity (Wildman–Crippen MR) is 60.1 cm³/mol. The Morgan fingerprint density at radius 1 is 1.71 bits per heavy atom. The molecule has 2 aliphatic heterocycles. The minimum absolute atomic E-state index is 0.0908. The van der Waals surface area contributed by atoms with Crippen LogP contribution in [0.15, 0.2) is 17.3 Å². The van der Waals surface area contributed by atoms with Crippen molar-refractivity contribution in [2.45, 2.75) is 20.1 Å². The van der Waals surface area contributed by atoms with E-state index in [4.69, 9.17) is 14.3 Å². The molecule has 2 aliphatic rings. The highest BCUT2D eigenvalue weighted by atomic mass is 16.7. The van der Waals surface area contributed by atoms with Gasteiger partial charge in [0, 0.05) is 6.08 Å². The van der Waals surface area contributed by atoms with Crippen molar-refractivity contribution in [2.75, 3.05) is 19.8 Å². The zero-order valence-corrected chi connectivity index (χ0v) is 9.93. The SMILES string of the molecule is CCOC(=O)/C=C/C1NC(C2(C)COC2)=NO1. The number of nitrogens with one attached hydrogen (secondary N) is 1. The monoisotopic (exact) mass is 240 g/mol. The Kier molecular flexibility index (Phi) is 3.33. The molecule has 0 bridgehead atoms. The predicted octanol–water partition coefficient (Wildman–Crippen LogP) is 0.402. The molecule has 0 aliphatic carbocycles. The van der Waals surface area contributed by atoms with Crippen LogP contribution in [0, 0.1) is 5.41 Å². The average Bonchev–Trinajstić information content (AvgIpc) is 2.72. The molecule has 1 saturated heterocycles. The summed E-state index contributed by atoms with van der Waals surface area (Å²) in [5, 5.41) is 7.04. The highest BCUT2D eigenvalue weighted by Gasteiger charge is 2.42. The Bertz CT molecular complexity index is 360. The number of esters is 1. The second-order valence-electron chi connectivity index (χ2n) is 4.27. The number of amidine groups is 1. The van der Waals surface area contributed by atoms with Crippen LogP contribution in [0.3, 0.4) is 0 Å². The van der Waals surface area contributed by atoms with Crippen LogP contribution < -0.4 is 5.32 Å². The Morgan fingerprint density at radius 2 is 2.47 bits per heavy atom. The second-order valence-corrected chi connectivity index (χ2v) is 4.27. The van der Waals surface area contributed by atoms with Crippen LogP contribution in [0.2, 0.25) is 0 Å². The first kappa shape index (κ1) is 11.9. The summed E-state index contributed by atoms with van der Waals surface area (Å²) in [6.07, 6.45) is 2.50. The lowest BCUT2D eigenvalue weighted by atomic mass is 9.87. The summed E-state index contributed by atoms with van der Waals surface area (Å²) in [6.45, 7) is 5.43. The molecule has 6 nitrogen and oxygen atoms in total. The lowest BCUT2D eigenvalue weighted by Crippen LogP contribution is -2.51. The molecule has 0 amide bonds. The molecule has 17 heavy (non-hydrogen) atoms. The minimum atomic E-state index is -0.410. The normalized spacial score (nSPS) is 25.8. The fourth-order valence-electron chi connectivity index (χ4n) is 1.57. The second kappa shape index (κ2) is 4.75. The van der Waals surface area contributed by atoms with Crippen LogP contribution in [-0.4, -0.2) is 37.9 Å². The molecule has 2 heterocycles. The first-order valence-corrected chi connectivity index (χ1v) is 5.57.